The molecule has 5 heteroatoms. The molecule has 2 aromatic rings. The molecule has 1 fully saturated rings. The second kappa shape index (κ2) is 11.1. The van der Waals surface area contributed by atoms with Gasteiger partial charge in [0.2, 0.25) is 0 Å². The minimum Gasteiger partial charge on any atom is -0.388 e. The quantitative estimate of drug-likeness (QED) is 0.581. The van der Waals surface area contributed by atoms with Crippen molar-refractivity contribution >= 4 is 23.8 Å². The Morgan fingerprint density at radius 2 is 1.87 bits per heavy atom. The molecule has 3 rings (SSSR count). The number of benzene rings is 1. The summed E-state index contributed by atoms with van der Waals surface area (Å²) in [7, 11) is 4.13. The van der Waals surface area contributed by atoms with Crippen LogP contribution >= 0.6 is 0 Å². The Hall–Kier alpha value is -2.66. The van der Waals surface area contributed by atoms with Crippen molar-refractivity contribution in [3.8, 4) is 0 Å². The number of aromatic nitrogens is 1. The summed E-state index contributed by atoms with van der Waals surface area (Å²) in [6, 6.07) is 8.63. The fourth-order valence-corrected chi connectivity index (χ4v) is 4.46. The van der Waals surface area contributed by atoms with Gasteiger partial charge in [-0.25, -0.2) is 4.98 Å². The van der Waals surface area contributed by atoms with Crippen LogP contribution in [-0.2, 0) is 19.3 Å². The summed E-state index contributed by atoms with van der Waals surface area (Å²) >= 11 is 0. The van der Waals surface area contributed by atoms with Crippen molar-refractivity contribution in [3.05, 3.63) is 58.8 Å². The number of nitrogens with one attached hydrogen (secondary N) is 2. The Labute approximate surface area is 187 Å². The van der Waals surface area contributed by atoms with Crippen LogP contribution in [0.5, 0.6) is 0 Å². The van der Waals surface area contributed by atoms with E-state index >= 15 is 0 Å². The van der Waals surface area contributed by atoms with E-state index in [-0.39, 0.29) is 0 Å². The maximum atomic E-state index is 8.09. The molecule has 0 unspecified atom stereocenters. The molecule has 0 saturated carbocycles. The van der Waals surface area contributed by atoms with Gasteiger partial charge in [0.25, 0.3) is 0 Å². The maximum Gasteiger partial charge on any atom is 0.136 e. The van der Waals surface area contributed by atoms with Gasteiger partial charge in [-0.05, 0) is 69.0 Å². The number of nitrogens with zero attached hydrogens (tertiary/aromatic N) is 3. The topological polar surface area (TPSA) is 55.2 Å². The number of pyridine rings is 1. The highest BCUT2D eigenvalue weighted by molar-refractivity contribution is 5.85. The van der Waals surface area contributed by atoms with E-state index < -0.39 is 0 Å². The Balaban J connectivity index is 1.86. The standard InChI is InChI=1S/C26H37N5/c1-5-22-23(6-2)26(31-16-8-15-30(4)17-18-31)29-25(24(22)19-27)10-7-9-20-11-13-21(28-3)14-12-20/h6,11-14,19,27-28H,2,5,7-10,15-18H2,1,3-4H3. The molecule has 0 spiro atoms. The molecule has 0 bridgehead atoms. The first-order valence-corrected chi connectivity index (χ1v) is 11.5. The lowest BCUT2D eigenvalue weighted by Gasteiger charge is -2.27. The van der Waals surface area contributed by atoms with Crippen LogP contribution in [0.3, 0.4) is 0 Å². The number of rotatable bonds is 9. The van der Waals surface area contributed by atoms with Crippen molar-refractivity contribution in [1.29, 1.82) is 5.41 Å². The van der Waals surface area contributed by atoms with Crippen LogP contribution in [0.1, 0.15) is 47.7 Å². The van der Waals surface area contributed by atoms with Gasteiger partial charge in [0.1, 0.15) is 5.82 Å². The number of likely N-dealkylation sites (N-methyl/N-ethyl adjacent to an activating group) is 1. The monoisotopic (exact) mass is 419 g/mol. The second-order valence-electron chi connectivity index (χ2n) is 8.33. The first-order chi connectivity index (χ1) is 15.1. The molecule has 0 atom stereocenters. The molecule has 1 aliphatic rings. The van der Waals surface area contributed by atoms with E-state index in [4.69, 9.17) is 10.4 Å². The van der Waals surface area contributed by atoms with E-state index in [0.717, 1.165) is 86.6 Å². The summed E-state index contributed by atoms with van der Waals surface area (Å²) < 4.78 is 0. The van der Waals surface area contributed by atoms with Gasteiger partial charge in [-0.3, -0.25) is 0 Å². The van der Waals surface area contributed by atoms with E-state index in [2.05, 4.69) is 59.9 Å². The molecule has 0 radical (unpaired) electrons. The van der Waals surface area contributed by atoms with Gasteiger partial charge >= 0.3 is 0 Å². The Bertz CT molecular complexity index is 888. The third-order valence-electron chi connectivity index (χ3n) is 6.29. The van der Waals surface area contributed by atoms with Gasteiger partial charge in [-0.1, -0.05) is 31.7 Å². The van der Waals surface area contributed by atoms with Crippen molar-refractivity contribution in [3.63, 3.8) is 0 Å². The predicted molar refractivity (Wildman–Crippen MR) is 134 cm³/mol. The second-order valence-corrected chi connectivity index (χ2v) is 8.33. The zero-order valence-electron chi connectivity index (χ0n) is 19.4. The molecular weight excluding hydrogens is 382 g/mol. The number of aryl methyl sites for hydroxylation is 2. The van der Waals surface area contributed by atoms with Gasteiger partial charge in [0.05, 0.1) is 5.69 Å². The molecule has 31 heavy (non-hydrogen) atoms. The predicted octanol–water partition coefficient (Wildman–Crippen LogP) is 4.64. The van der Waals surface area contributed by atoms with Crippen molar-refractivity contribution < 1.29 is 0 Å². The lowest BCUT2D eigenvalue weighted by molar-refractivity contribution is 0.360. The Kier molecular flexibility index (Phi) is 8.24. The fraction of sp³-hybridized carbons (Fsp3) is 0.462. The van der Waals surface area contributed by atoms with E-state index in [0.29, 0.717) is 0 Å². The molecule has 2 heterocycles. The zero-order valence-corrected chi connectivity index (χ0v) is 19.4. The van der Waals surface area contributed by atoms with Crippen LogP contribution in [0.2, 0.25) is 0 Å². The van der Waals surface area contributed by atoms with Crippen LogP contribution < -0.4 is 10.2 Å². The minimum absolute atomic E-state index is 0.879. The highest BCUT2D eigenvalue weighted by Gasteiger charge is 2.21. The van der Waals surface area contributed by atoms with Gasteiger partial charge in [0.15, 0.2) is 0 Å². The minimum atomic E-state index is 0.879. The normalized spacial score (nSPS) is 14.9. The molecular formula is C26H37N5. The average molecular weight is 420 g/mol. The molecule has 1 aromatic heterocycles. The number of hydrogen-bond acceptors (Lipinski definition) is 5. The van der Waals surface area contributed by atoms with Crippen LogP contribution in [0.15, 0.2) is 30.8 Å². The SMILES string of the molecule is C=Cc1c(N2CCCN(C)CC2)nc(CCCc2ccc(NC)cc2)c(C=N)c1CC. The van der Waals surface area contributed by atoms with E-state index in [1.54, 1.807) is 0 Å². The first-order valence-electron chi connectivity index (χ1n) is 11.5. The number of anilines is 2. The third kappa shape index (κ3) is 5.53. The van der Waals surface area contributed by atoms with Gasteiger partial charge in [-0.2, -0.15) is 0 Å². The van der Waals surface area contributed by atoms with Crippen molar-refractivity contribution in [1.82, 2.24) is 9.88 Å². The smallest absolute Gasteiger partial charge is 0.136 e. The van der Waals surface area contributed by atoms with Crippen molar-refractivity contribution in [2.24, 2.45) is 0 Å². The summed E-state index contributed by atoms with van der Waals surface area (Å²) in [5, 5.41) is 11.3. The summed E-state index contributed by atoms with van der Waals surface area (Å²) in [4.78, 5) is 9.96. The zero-order chi connectivity index (χ0) is 22.2. The lowest BCUT2D eigenvalue weighted by atomic mass is 9.95. The van der Waals surface area contributed by atoms with Crippen molar-refractivity contribution in [2.45, 2.75) is 39.0 Å². The summed E-state index contributed by atoms with van der Waals surface area (Å²) in [6.45, 7) is 10.4. The molecule has 1 aliphatic heterocycles. The first kappa shape index (κ1) is 23.0. The third-order valence-corrected chi connectivity index (χ3v) is 6.29. The molecule has 0 aliphatic carbocycles. The average Bonchev–Trinajstić information content (AvgIpc) is 3.02. The lowest BCUT2D eigenvalue weighted by Crippen LogP contribution is -2.30. The van der Waals surface area contributed by atoms with Gasteiger partial charge in [-0.15, -0.1) is 0 Å². The Morgan fingerprint density at radius 3 is 2.52 bits per heavy atom. The van der Waals surface area contributed by atoms with Gasteiger partial charge in [0, 0.05) is 49.7 Å². The summed E-state index contributed by atoms with van der Waals surface area (Å²) in [5.74, 6) is 1.06. The van der Waals surface area contributed by atoms with Crippen LogP contribution in [0.4, 0.5) is 11.5 Å². The molecule has 0 amide bonds. The Morgan fingerprint density at radius 1 is 1.10 bits per heavy atom. The molecule has 2 N–H and O–H groups in total. The molecule has 5 nitrogen and oxygen atoms in total. The highest BCUT2D eigenvalue weighted by Crippen LogP contribution is 2.29. The number of hydrogen-bond donors (Lipinski definition) is 2. The van der Waals surface area contributed by atoms with Gasteiger partial charge < -0.3 is 20.5 Å². The highest BCUT2D eigenvalue weighted by atomic mass is 15.2. The van der Waals surface area contributed by atoms with E-state index in [1.165, 1.54) is 17.3 Å². The van der Waals surface area contributed by atoms with Crippen LogP contribution in [-0.4, -0.2) is 56.4 Å². The summed E-state index contributed by atoms with van der Waals surface area (Å²) in [6.07, 6.45) is 8.37. The van der Waals surface area contributed by atoms with Crippen LogP contribution in [0.25, 0.3) is 6.08 Å². The van der Waals surface area contributed by atoms with E-state index in [9.17, 15) is 0 Å². The maximum absolute atomic E-state index is 8.09. The summed E-state index contributed by atoms with van der Waals surface area (Å²) in [5.41, 5.74) is 6.83. The molecule has 1 saturated heterocycles. The van der Waals surface area contributed by atoms with Crippen LogP contribution in [0, 0.1) is 5.41 Å². The molecule has 1 aromatic carbocycles. The largest absolute Gasteiger partial charge is 0.388 e. The van der Waals surface area contributed by atoms with E-state index in [1.807, 2.05) is 13.1 Å². The fourth-order valence-electron chi connectivity index (χ4n) is 4.46. The molecule has 166 valence electrons. The van der Waals surface area contributed by atoms with Crippen molar-refractivity contribution in [2.75, 3.05) is 50.5 Å².